The first-order valence-electron chi connectivity index (χ1n) is 11.2. The molecule has 0 aliphatic carbocycles. The van der Waals surface area contributed by atoms with Crippen LogP contribution < -0.4 is 15.4 Å². The highest BCUT2D eigenvalue weighted by molar-refractivity contribution is 5.94. The number of aryl methyl sites for hydroxylation is 1. The van der Waals surface area contributed by atoms with Gasteiger partial charge in [0.15, 0.2) is 0 Å². The Labute approximate surface area is 194 Å². The number of nitrogens with one attached hydrogen (secondary N) is 2. The summed E-state index contributed by atoms with van der Waals surface area (Å²) in [6.07, 6.45) is 5.52. The van der Waals surface area contributed by atoms with Crippen molar-refractivity contribution >= 4 is 11.7 Å². The van der Waals surface area contributed by atoms with E-state index in [4.69, 9.17) is 9.72 Å². The lowest BCUT2D eigenvalue weighted by molar-refractivity contribution is 0.0949. The Hall–Kier alpha value is -3.52. The predicted molar refractivity (Wildman–Crippen MR) is 127 cm³/mol. The number of pyridine rings is 1. The molecule has 2 aromatic heterocycles. The van der Waals surface area contributed by atoms with Gasteiger partial charge in [0.2, 0.25) is 0 Å². The van der Waals surface area contributed by atoms with E-state index in [0.29, 0.717) is 17.8 Å². The van der Waals surface area contributed by atoms with Crippen LogP contribution >= 0.6 is 0 Å². The molecule has 172 valence electrons. The number of likely N-dealkylation sites (tertiary alicyclic amines) is 1. The van der Waals surface area contributed by atoms with Crippen molar-refractivity contribution in [3.8, 4) is 5.75 Å². The van der Waals surface area contributed by atoms with Crippen LogP contribution in [0.4, 0.5) is 5.82 Å². The summed E-state index contributed by atoms with van der Waals surface area (Å²) in [5.41, 5.74) is 3.24. The number of para-hydroxylation sites is 1. The van der Waals surface area contributed by atoms with Crippen molar-refractivity contribution in [2.75, 3.05) is 26.0 Å². The molecule has 0 bridgehead atoms. The monoisotopic (exact) mass is 446 g/mol. The van der Waals surface area contributed by atoms with Crippen molar-refractivity contribution < 1.29 is 9.53 Å². The molecule has 1 aliphatic heterocycles. The minimum Gasteiger partial charge on any atom is -0.496 e. The van der Waals surface area contributed by atoms with E-state index in [1.807, 2.05) is 44.3 Å². The first-order chi connectivity index (χ1) is 16.1. The van der Waals surface area contributed by atoms with Gasteiger partial charge in [0, 0.05) is 43.7 Å². The minimum absolute atomic E-state index is 0.124. The van der Waals surface area contributed by atoms with Gasteiger partial charge in [-0.15, -0.1) is 0 Å². The van der Waals surface area contributed by atoms with Gasteiger partial charge in [0.1, 0.15) is 17.4 Å². The van der Waals surface area contributed by atoms with E-state index in [-0.39, 0.29) is 11.9 Å². The smallest absolute Gasteiger partial charge is 0.254 e. The molecule has 0 saturated carbocycles. The van der Waals surface area contributed by atoms with E-state index in [1.54, 1.807) is 19.5 Å². The fourth-order valence-corrected chi connectivity index (χ4v) is 4.31. The number of carbonyl (C=O) groups is 1. The molecule has 0 spiro atoms. The zero-order valence-corrected chi connectivity index (χ0v) is 19.3. The number of aromatic nitrogens is 3. The van der Waals surface area contributed by atoms with Crippen LogP contribution in [0.3, 0.4) is 0 Å². The lowest BCUT2D eigenvalue weighted by Gasteiger charge is -2.24. The maximum Gasteiger partial charge on any atom is 0.254 e. The maximum atomic E-state index is 12.8. The summed E-state index contributed by atoms with van der Waals surface area (Å²) < 4.78 is 5.36. The van der Waals surface area contributed by atoms with Gasteiger partial charge in [-0.3, -0.25) is 9.69 Å². The predicted octanol–water partition coefficient (Wildman–Crippen LogP) is 3.50. The lowest BCUT2D eigenvalue weighted by atomic mass is 10.1. The van der Waals surface area contributed by atoms with Crippen LogP contribution in [0, 0.1) is 6.92 Å². The molecular formula is C25H30N6O2. The number of nitrogens with zero attached hydrogens (tertiary/aromatic N) is 4. The number of hydrogen-bond donors (Lipinski definition) is 2. The number of carbonyl (C=O) groups excluding carboxylic acids is 1. The highest BCUT2D eigenvalue weighted by Crippen LogP contribution is 2.32. The van der Waals surface area contributed by atoms with Gasteiger partial charge in [-0.25, -0.2) is 15.0 Å². The second-order valence-electron chi connectivity index (χ2n) is 8.11. The van der Waals surface area contributed by atoms with Crippen molar-refractivity contribution in [3.05, 3.63) is 77.0 Å². The Balaban J connectivity index is 1.45. The molecule has 1 atom stereocenters. The number of rotatable bonds is 8. The van der Waals surface area contributed by atoms with E-state index in [1.165, 1.54) is 0 Å². The van der Waals surface area contributed by atoms with E-state index in [2.05, 4.69) is 31.6 Å². The Morgan fingerprint density at radius 2 is 2.00 bits per heavy atom. The van der Waals surface area contributed by atoms with Gasteiger partial charge in [-0.1, -0.05) is 24.3 Å². The van der Waals surface area contributed by atoms with E-state index >= 15 is 0 Å². The van der Waals surface area contributed by atoms with E-state index < -0.39 is 0 Å². The van der Waals surface area contributed by atoms with Gasteiger partial charge in [0.05, 0.1) is 24.4 Å². The molecule has 4 rings (SSSR count). The fraction of sp³-hybridized carbons (Fsp3) is 0.360. The van der Waals surface area contributed by atoms with Crippen LogP contribution in [0.5, 0.6) is 5.75 Å². The maximum absolute atomic E-state index is 12.8. The molecule has 1 amide bonds. The summed E-state index contributed by atoms with van der Waals surface area (Å²) in [6.45, 7) is 3.99. The number of hydrogen-bond acceptors (Lipinski definition) is 7. The molecule has 3 heterocycles. The standard InChI is InChI=1S/C25H30N6O2/c1-17-20(25(32)29-14-18-8-4-5-11-22(18)33-3)15-28-24(30-17)21-10-7-13-31(21)16-19-9-6-12-27-23(19)26-2/h4-6,8-9,11-12,15,21H,7,10,13-14,16H2,1-3H3,(H,26,27)(H,29,32)/t21-/m0/s1. The Morgan fingerprint density at radius 3 is 2.79 bits per heavy atom. The van der Waals surface area contributed by atoms with Crippen molar-refractivity contribution in [3.63, 3.8) is 0 Å². The second-order valence-corrected chi connectivity index (χ2v) is 8.11. The molecule has 8 heteroatoms. The number of anilines is 1. The number of ether oxygens (including phenoxy) is 1. The molecule has 0 radical (unpaired) electrons. The topological polar surface area (TPSA) is 92.3 Å². The largest absolute Gasteiger partial charge is 0.496 e. The van der Waals surface area contributed by atoms with Crippen LogP contribution in [0.2, 0.25) is 0 Å². The number of methoxy groups -OCH3 is 1. The molecule has 8 nitrogen and oxygen atoms in total. The zero-order valence-electron chi connectivity index (χ0n) is 19.3. The second kappa shape index (κ2) is 10.4. The van der Waals surface area contributed by atoms with Crippen molar-refractivity contribution in [1.29, 1.82) is 0 Å². The van der Waals surface area contributed by atoms with Crippen LogP contribution in [0.25, 0.3) is 0 Å². The molecular weight excluding hydrogens is 416 g/mol. The zero-order chi connectivity index (χ0) is 23.2. The summed E-state index contributed by atoms with van der Waals surface area (Å²) >= 11 is 0. The quantitative estimate of drug-likeness (QED) is 0.547. The Bertz CT molecular complexity index is 1120. The normalized spacial score (nSPS) is 15.9. The van der Waals surface area contributed by atoms with Crippen LogP contribution in [0.1, 0.15) is 51.9 Å². The summed E-state index contributed by atoms with van der Waals surface area (Å²) in [5, 5.41) is 6.11. The highest BCUT2D eigenvalue weighted by atomic mass is 16.5. The Kier molecular flexibility index (Phi) is 7.14. The van der Waals surface area contributed by atoms with Crippen LogP contribution in [-0.2, 0) is 13.1 Å². The third-order valence-corrected chi connectivity index (χ3v) is 6.04. The SMILES string of the molecule is CNc1ncccc1CN1CCC[C@H]1c1ncc(C(=O)NCc2ccccc2OC)c(C)n1. The van der Waals surface area contributed by atoms with Gasteiger partial charge in [-0.2, -0.15) is 0 Å². The molecule has 3 aromatic rings. The first kappa shape index (κ1) is 22.7. The minimum atomic E-state index is -0.192. The third kappa shape index (κ3) is 5.12. The van der Waals surface area contributed by atoms with E-state index in [9.17, 15) is 4.79 Å². The van der Waals surface area contributed by atoms with Gasteiger partial charge >= 0.3 is 0 Å². The molecule has 1 aliphatic rings. The molecule has 2 N–H and O–H groups in total. The molecule has 0 unspecified atom stereocenters. The average molecular weight is 447 g/mol. The third-order valence-electron chi connectivity index (χ3n) is 6.04. The fourth-order valence-electron chi connectivity index (χ4n) is 4.31. The van der Waals surface area contributed by atoms with Gasteiger partial charge in [0.25, 0.3) is 5.91 Å². The highest BCUT2D eigenvalue weighted by Gasteiger charge is 2.29. The molecule has 1 aromatic carbocycles. The van der Waals surface area contributed by atoms with Crippen molar-refractivity contribution in [1.82, 2.24) is 25.2 Å². The van der Waals surface area contributed by atoms with Gasteiger partial charge < -0.3 is 15.4 Å². The summed E-state index contributed by atoms with van der Waals surface area (Å²) in [4.78, 5) is 28.9. The Morgan fingerprint density at radius 1 is 1.18 bits per heavy atom. The summed E-state index contributed by atoms with van der Waals surface area (Å²) in [5.74, 6) is 2.21. The molecule has 33 heavy (non-hydrogen) atoms. The number of benzene rings is 1. The number of amides is 1. The molecule has 1 fully saturated rings. The van der Waals surface area contributed by atoms with E-state index in [0.717, 1.165) is 54.4 Å². The summed E-state index contributed by atoms with van der Waals surface area (Å²) in [6, 6.07) is 11.8. The summed E-state index contributed by atoms with van der Waals surface area (Å²) in [7, 11) is 3.51. The first-order valence-corrected chi connectivity index (χ1v) is 11.2. The molecule has 1 saturated heterocycles. The van der Waals surface area contributed by atoms with Crippen molar-refractivity contribution in [2.45, 2.75) is 38.9 Å². The van der Waals surface area contributed by atoms with Crippen LogP contribution in [0.15, 0.2) is 48.8 Å². The van der Waals surface area contributed by atoms with Crippen LogP contribution in [-0.4, -0.2) is 46.5 Å². The average Bonchev–Trinajstić information content (AvgIpc) is 3.31. The van der Waals surface area contributed by atoms with Gasteiger partial charge in [-0.05, 0) is 38.4 Å². The van der Waals surface area contributed by atoms with Crippen molar-refractivity contribution in [2.24, 2.45) is 0 Å². The lowest BCUT2D eigenvalue weighted by Crippen LogP contribution is -2.27.